The minimum absolute atomic E-state index is 0.134. The van der Waals surface area contributed by atoms with Crippen LogP contribution in [-0.4, -0.2) is 19.6 Å². The van der Waals surface area contributed by atoms with Crippen molar-refractivity contribution in [2.75, 3.05) is 19.4 Å². The van der Waals surface area contributed by atoms with Crippen LogP contribution in [-0.2, 0) is 0 Å². The first-order chi connectivity index (χ1) is 8.08. The molecular formula is C13H20N2O2. The highest BCUT2D eigenvalue weighted by Crippen LogP contribution is 2.19. The molecule has 1 aromatic rings. The van der Waals surface area contributed by atoms with E-state index in [2.05, 4.69) is 19.2 Å². The van der Waals surface area contributed by atoms with E-state index in [0.717, 1.165) is 6.42 Å². The van der Waals surface area contributed by atoms with Gasteiger partial charge in [-0.1, -0.05) is 20.3 Å². The van der Waals surface area contributed by atoms with Gasteiger partial charge >= 0.3 is 0 Å². The Balaban J connectivity index is 2.69. The molecule has 1 unspecified atom stereocenters. The molecule has 0 aliphatic heterocycles. The number of ether oxygens (including phenoxy) is 1. The second kappa shape index (κ2) is 6.13. The van der Waals surface area contributed by atoms with Crippen molar-refractivity contribution in [3.63, 3.8) is 0 Å². The maximum Gasteiger partial charge on any atom is 0.253 e. The summed E-state index contributed by atoms with van der Waals surface area (Å²) in [6, 6.07) is 5.06. The number of carbonyl (C=O) groups is 1. The Morgan fingerprint density at radius 1 is 1.53 bits per heavy atom. The van der Waals surface area contributed by atoms with Crippen LogP contribution in [0, 0.1) is 5.92 Å². The van der Waals surface area contributed by atoms with E-state index in [0.29, 0.717) is 29.5 Å². The van der Waals surface area contributed by atoms with Crippen molar-refractivity contribution in [1.29, 1.82) is 0 Å². The molecule has 4 heteroatoms. The van der Waals surface area contributed by atoms with Gasteiger partial charge in [-0.25, -0.2) is 0 Å². The predicted molar refractivity (Wildman–Crippen MR) is 69.2 cm³/mol. The largest absolute Gasteiger partial charge is 0.497 e. The lowest BCUT2D eigenvalue weighted by molar-refractivity contribution is 0.0948. The molecule has 0 aromatic heterocycles. The number of hydrogen-bond donors (Lipinski definition) is 2. The van der Waals surface area contributed by atoms with Gasteiger partial charge in [-0.3, -0.25) is 4.79 Å². The number of anilines is 1. The summed E-state index contributed by atoms with van der Waals surface area (Å²) < 4.78 is 5.03. The third-order valence-electron chi connectivity index (χ3n) is 2.81. The Morgan fingerprint density at radius 3 is 2.76 bits per heavy atom. The zero-order valence-electron chi connectivity index (χ0n) is 10.6. The van der Waals surface area contributed by atoms with Gasteiger partial charge in [0.1, 0.15) is 5.75 Å². The van der Waals surface area contributed by atoms with Crippen LogP contribution in [0.3, 0.4) is 0 Å². The van der Waals surface area contributed by atoms with Crippen LogP contribution >= 0.6 is 0 Å². The quantitative estimate of drug-likeness (QED) is 0.769. The summed E-state index contributed by atoms with van der Waals surface area (Å²) in [6.45, 7) is 4.86. The van der Waals surface area contributed by atoms with E-state index in [9.17, 15) is 4.79 Å². The number of benzene rings is 1. The van der Waals surface area contributed by atoms with Crippen molar-refractivity contribution in [3.05, 3.63) is 23.8 Å². The number of nitrogen functional groups attached to an aromatic ring is 1. The lowest BCUT2D eigenvalue weighted by Gasteiger charge is -2.11. The van der Waals surface area contributed by atoms with Gasteiger partial charge in [0.2, 0.25) is 0 Å². The first-order valence-corrected chi connectivity index (χ1v) is 5.80. The summed E-state index contributed by atoms with van der Waals surface area (Å²) in [7, 11) is 1.57. The van der Waals surface area contributed by atoms with E-state index in [1.165, 1.54) is 0 Å². The molecule has 0 fully saturated rings. The van der Waals surface area contributed by atoms with E-state index >= 15 is 0 Å². The van der Waals surface area contributed by atoms with Gasteiger partial charge in [-0.2, -0.15) is 0 Å². The van der Waals surface area contributed by atoms with Crippen LogP contribution in [0.2, 0.25) is 0 Å². The molecule has 1 atom stereocenters. The number of rotatable bonds is 5. The van der Waals surface area contributed by atoms with Crippen molar-refractivity contribution >= 4 is 11.6 Å². The highest BCUT2D eigenvalue weighted by atomic mass is 16.5. The molecule has 1 rings (SSSR count). The minimum Gasteiger partial charge on any atom is -0.497 e. The lowest BCUT2D eigenvalue weighted by atomic mass is 10.1. The predicted octanol–water partition coefficient (Wildman–Crippen LogP) is 2.05. The molecule has 17 heavy (non-hydrogen) atoms. The van der Waals surface area contributed by atoms with Gasteiger partial charge in [0.25, 0.3) is 5.91 Å². The first kappa shape index (κ1) is 13.4. The van der Waals surface area contributed by atoms with Crippen LogP contribution in [0.1, 0.15) is 30.6 Å². The van der Waals surface area contributed by atoms with Crippen molar-refractivity contribution in [1.82, 2.24) is 5.32 Å². The van der Waals surface area contributed by atoms with Crippen LogP contribution in [0.15, 0.2) is 18.2 Å². The number of hydrogen-bond acceptors (Lipinski definition) is 3. The summed E-state index contributed by atoms with van der Waals surface area (Å²) >= 11 is 0. The molecule has 0 saturated carbocycles. The standard InChI is InChI=1S/C13H20N2O2/c1-4-9(2)8-15-13(16)11-6-5-10(17-3)7-12(11)14/h5-7,9H,4,8,14H2,1-3H3,(H,15,16). The number of amides is 1. The Bertz CT molecular complexity index is 391. The second-order valence-electron chi connectivity index (χ2n) is 4.18. The van der Waals surface area contributed by atoms with E-state index in [1.54, 1.807) is 25.3 Å². The third kappa shape index (κ3) is 3.66. The highest BCUT2D eigenvalue weighted by Gasteiger charge is 2.10. The fourth-order valence-electron chi connectivity index (χ4n) is 1.38. The van der Waals surface area contributed by atoms with Gasteiger partial charge in [0, 0.05) is 18.3 Å². The van der Waals surface area contributed by atoms with E-state index in [1.807, 2.05) is 0 Å². The van der Waals surface area contributed by atoms with Crippen LogP contribution in [0.25, 0.3) is 0 Å². The van der Waals surface area contributed by atoms with Gasteiger partial charge in [0.05, 0.1) is 12.7 Å². The number of nitrogens with one attached hydrogen (secondary N) is 1. The molecule has 0 spiro atoms. The van der Waals surface area contributed by atoms with E-state index < -0.39 is 0 Å². The van der Waals surface area contributed by atoms with Crippen molar-refractivity contribution in [2.24, 2.45) is 5.92 Å². The maximum absolute atomic E-state index is 11.9. The molecule has 94 valence electrons. The normalized spacial score (nSPS) is 11.9. The van der Waals surface area contributed by atoms with Crippen molar-refractivity contribution in [3.8, 4) is 5.75 Å². The molecule has 1 amide bonds. The van der Waals surface area contributed by atoms with E-state index in [4.69, 9.17) is 10.5 Å². The molecule has 1 aromatic carbocycles. The number of nitrogens with two attached hydrogens (primary N) is 1. The summed E-state index contributed by atoms with van der Waals surface area (Å²) in [5.41, 5.74) is 6.73. The van der Waals surface area contributed by atoms with Crippen LogP contribution in [0.5, 0.6) is 5.75 Å². The van der Waals surface area contributed by atoms with Crippen LogP contribution < -0.4 is 15.8 Å². The van der Waals surface area contributed by atoms with Gasteiger partial charge in [0.15, 0.2) is 0 Å². The van der Waals surface area contributed by atoms with Crippen molar-refractivity contribution < 1.29 is 9.53 Å². The molecule has 3 N–H and O–H groups in total. The topological polar surface area (TPSA) is 64.3 Å². The molecule has 0 aliphatic carbocycles. The summed E-state index contributed by atoms with van der Waals surface area (Å²) in [4.78, 5) is 11.9. The summed E-state index contributed by atoms with van der Waals surface area (Å²) in [5, 5.41) is 2.87. The average Bonchev–Trinajstić information content (AvgIpc) is 2.35. The van der Waals surface area contributed by atoms with Gasteiger partial charge in [-0.05, 0) is 18.1 Å². The maximum atomic E-state index is 11.9. The molecule has 0 bridgehead atoms. The zero-order chi connectivity index (χ0) is 12.8. The zero-order valence-corrected chi connectivity index (χ0v) is 10.6. The Labute approximate surface area is 102 Å². The second-order valence-corrected chi connectivity index (χ2v) is 4.18. The molecule has 0 aliphatic rings. The number of methoxy groups -OCH3 is 1. The Kier molecular flexibility index (Phi) is 4.82. The summed E-state index contributed by atoms with van der Waals surface area (Å²) in [6.07, 6.45) is 1.04. The molecule has 0 saturated heterocycles. The van der Waals surface area contributed by atoms with Gasteiger partial charge in [-0.15, -0.1) is 0 Å². The molecule has 0 heterocycles. The Morgan fingerprint density at radius 2 is 2.24 bits per heavy atom. The van der Waals surface area contributed by atoms with E-state index in [-0.39, 0.29) is 5.91 Å². The summed E-state index contributed by atoms with van der Waals surface area (Å²) in [5.74, 6) is 0.991. The van der Waals surface area contributed by atoms with Crippen LogP contribution in [0.4, 0.5) is 5.69 Å². The fourth-order valence-corrected chi connectivity index (χ4v) is 1.38. The molecular weight excluding hydrogens is 216 g/mol. The fraction of sp³-hybridized carbons (Fsp3) is 0.462. The lowest BCUT2D eigenvalue weighted by Crippen LogP contribution is -2.28. The smallest absolute Gasteiger partial charge is 0.253 e. The molecule has 0 radical (unpaired) electrons. The highest BCUT2D eigenvalue weighted by molar-refractivity contribution is 5.99. The SMILES string of the molecule is CCC(C)CNC(=O)c1ccc(OC)cc1N. The monoisotopic (exact) mass is 236 g/mol. The van der Waals surface area contributed by atoms with Crippen molar-refractivity contribution in [2.45, 2.75) is 20.3 Å². The first-order valence-electron chi connectivity index (χ1n) is 5.80. The third-order valence-corrected chi connectivity index (χ3v) is 2.81. The molecule has 4 nitrogen and oxygen atoms in total. The minimum atomic E-state index is -0.134. The number of carbonyl (C=O) groups excluding carboxylic acids is 1. The van der Waals surface area contributed by atoms with Gasteiger partial charge < -0.3 is 15.8 Å². The Hall–Kier alpha value is -1.71. The average molecular weight is 236 g/mol.